The van der Waals surface area contributed by atoms with Crippen LogP contribution in [0.2, 0.25) is 0 Å². The molecule has 0 radical (unpaired) electrons. The molecule has 1 atom stereocenters. The Morgan fingerprint density at radius 3 is 2.52 bits per heavy atom. The number of rotatable bonds is 6. The summed E-state index contributed by atoms with van der Waals surface area (Å²) in [6.07, 6.45) is 3.19. The quantitative estimate of drug-likeness (QED) is 0.815. The van der Waals surface area contributed by atoms with Gasteiger partial charge in [-0.1, -0.05) is 12.1 Å². The molecule has 3 rings (SSSR count). The molecule has 5 nitrogen and oxygen atoms in total. The van der Waals surface area contributed by atoms with Crippen LogP contribution in [0.1, 0.15) is 42.8 Å². The van der Waals surface area contributed by atoms with Gasteiger partial charge in [0.1, 0.15) is 11.5 Å². The molecule has 1 fully saturated rings. The second-order valence-electron chi connectivity index (χ2n) is 5.92. The molecule has 1 aliphatic heterocycles. The average molecular weight is 316 g/mol. The SMILES string of the molecule is CCc1cc([C@H]2CCCN2Cc2cc(OC)cc(OC)c2)on1. The lowest BCUT2D eigenvalue weighted by Crippen LogP contribution is -2.22. The first-order chi connectivity index (χ1) is 11.2. The highest BCUT2D eigenvalue weighted by molar-refractivity contribution is 5.38. The number of benzene rings is 1. The molecule has 2 heterocycles. The number of aryl methyl sites for hydroxylation is 1. The van der Waals surface area contributed by atoms with Gasteiger partial charge in [0.05, 0.1) is 26.0 Å². The Hall–Kier alpha value is -2.01. The second kappa shape index (κ2) is 7.04. The second-order valence-corrected chi connectivity index (χ2v) is 5.92. The Balaban J connectivity index is 1.78. The van der Waals surface area contributed by atoms with Gasteiger partial charge in [-0.05, 0) is 43.5 Å². The van der Waals surface area contributed by atoms with Crippen molar-refractivity contribution in [2.24, 2.45) is 0 Å². The molecule has 5 heteroatoms. The van der Waals surface area contributed by atoms with Crippen LogP contribution in [0, 0.1) is 0 Å². The van der Waals surface area contributed by atoms with Gasteiger partial charge in [-0.3, -0.25) is 4.90 Å². The molecule has 124 valence electrons. The van der Waals surface area contributed by atoms with E-state index in [-0.39, 0.29) is 0 Å². The van der Waals surface area contributed by atoms with Crippen LogP contribution in [-0.2, 0) is 13.0 Å². The van der Waals surface area contributed by atoms with E-state index in [9.17, 15) is 0 Å². The third-order valence-electron chi connectivity index (χ3n) is 4.43. The topological polar surface area (TPSA) is 47.7 Å². The first-order valence-electron chi connectivity index (χ1n) is 8.15. The van der Waals surface area contributed by atoms with Crippen LogP contribution in [0.5, 0.6) is 11.5 Å². The summed E-state index contributed by atoms with van der Waals surface area (Å²) in [5, 5.41) is 4.13. The van der Waals surface area contributed by atoms with E-state index in [1.54, 1.807) is 14.2 Å². The van der Waals surface area contributed by atoms with Crippen molar-refractivity contribution in [3.8, 4) is 11.5 Å². The van der Waals surface area contributed by atoms with Gasteiger partial charge < -0.3 is 14.0 Å². The maximum atomic E-state index is 5.56. The third-order valence-corrected chi connectivity index (χ3v) is 4.43. The Labute approximate surface area is 137 Å². The van der Waals surface area contributed by atoms with E-state index < -0.39 is 0 Å². The summed E-state index contributed by atoms with van der Waals surface area (Å²) >= 11 is 0. The van der Waals surface area contributed by atoms with E-state index in [4.69, 9.17) is 14.0 Å². The van der Waals surface area contributed by atoms with Gasteiger partial charge >= 0.3 is 0 Å². The summed E-state index contributed by atoms with van der Waals surface area (Å²) in [6.45, 7) is 4.00. The third kappa shape index (κ3) is 3.50. The Morgan fingerprint density at radius 2 is 1.91 bits per heavy atom. The standard InChI is InChI=1S/C18H24N2O3/c1-4-14-10-18(23-19-14)17-6-5-7-20(17)12-13-8-15(21-2)11-16(9-13)22-3/h8-11,17H,4-7,12H2,1-3H3/t17-/m1/s1. The highest BCUT2D eigenvalue weighted by atomic mass is 16.5. The van der Waals surface area contributed by atoms with Crippen molar-refractivity contribution in [2.75, 3.05) is 20.8 Å². The monoisotopic (exact) mass is 316 g/mol. The van der Waals surface area contributed by atoms with Crippen molar-refractivity contribution in [2.45, 2.75) is 38.8 Å². The zero-order valence-corrected chi connectivity index (χ0v) is 14.0. The predicted octanol–water partition coefficient (Wildman–Crippen LogP) is 3.59. The van der Waals surface area contributed by atoms with Crippen LogP contribution in [0.3, 0.4) is 0 Å². The van der Waals surface area contributed by atoms with E-state index in [1.807, 2.05) is 6.07 Å². The molecule has 0 spiro atoms. The average Bonchev–Trinajstić information content (AvgIpc) is 3.23. The van der Waals surface area contributed by atoms with E-state index in [1.165, 1.54) is 12.0 Å². The first kappa shape index (κ1) is 15.9. The largest absolute Gasteiger partial charge is 0.497 e. The molecule has 23 heavy (non-hydrogen) atoms. The number of ether oxygens (including phenoxy) is 2. The molecule has 1 aromatic heterocycles. The first-order valence-corrected chi connectivity index (χ1v) is 8.15. The molecule has 0 amide bonds. The minimum Gasteiger partial charge on any atom is -0.497 e. The predicted molar refractivity (Wildman–Crippen MR) is 87.8 cm³/mol. The Morgan fingerprint density at radius 1 is 1.17 bits per heavy atom. The van der Waals surface area contributed by atoms with Gasteiger partial charge in [0.25, 0.3) is 0 Å². The van der Waals surface area contributed by atoms with Gasteiger partial charge in [-0.2, -0.15) is 0 Å². The van der Waals surface area contributed by atoms with Crippen molar-refractivity contribution < 1.29 is 14.0 Å². The van der Waals surface area contributed by atoms with E-state index in [0.29, 0.717) is 6.04 Å². The van der Waals surface area contributed by atoms with Gasteiger partial charge in [0.15, 0.2) is 5.76 Å². The van der Waals surface area contributed by atoms with Crippen LogP contribution in [0.15, 0.2) is 28.8 Å². The number of hydrogen-bond donors (Lipinski definition) is 0. The highest BCUT2D eigenvalue weighted by Gasteiger charge is 2.29. The summed E-state index contributed by atoms with van der Waals surface area (Å²) in [4.78, 5) is 2.44. The van der Waals surface area contributed by atoms with Crippen molar-refractivity contribution in [3.05, 3.63) is 41.3 Å². The van der Waals surface area contributed by atoms with E-state index in [2.05, 4.69) is 35.2 Å². The summed E-state index contributed by atoms with van der Waals surface area (Å²) in [7, 11) is 3.36. The van der Waals surface area contributed by atoms with Crippen LogP contribution in [-0.4, -0.2) is 30.8 Å². The van der Waals surface area contributed by atoms with Gasteiger partial charge in [-0.25, -0.2) is 0 Å². The highest BCUT2D eigenvalue weighted by Crippen LogP contribution is 2.34. The normalized spacial score (nSPS) is 18.3. The van der Waals surface area contributed by atoms with E-state index in [0.717, 1.165) is 48.9 Å². The van der Waals surface area contributed by atoms with Crippen LogP contribution in [0.4, 0.5) is 0 Å². The maximum Gasteiger partial charge on any atom is 0.154 e. The maximum absolute atomic E-state index is 5.56. The molecule has 0 aliphatic carbocycles. The fraction of sp³-hybridized carbons (Fsp3) is 0.500. The number of aromatic nitrogens is 1. The lowest BCUT2D eigenvalue weighted by molar-refractivity contribution is 0.206. The van der Waals surface area contributed by atoms with Crippen LogP contribution < -0.4 is 9.47 Å². The van der Waals surface area contributed by atoms with Gasteiger partial charge in [0, 0.05) is 18.7 Å². The van der Waals surface area contributed by atoms with Crippen molar-refractivity contribution >= 4 is 0 Å². The zero-order chi connectivity index (χ0) is 16.2. The van der Waals surface area contributed by atoms with Crippen molar-refractivity contribution in [1.29, 1.82) is 0 Å². The molecule has 0 saturated carbocycles. The van der Waals surface area contributed by atoms with Gasteiger partial charge in [-0.15, -0.1) is 0 Å². The summed E-state index contributed by atoms with van der Waals surface area (Å²) in [5.41, 5.74) is 2.21. The van der Waals surface area contributed by atoms with Crippen molar-refractivity contribution in [1.82, 2.24) is 10.1 Å². The van der Waals surface area contributed by atoms with Crippen molar-refractivity contribution in [3.63, 3.8) is 0 Å². The minimum atomic E-state index is 0.306. The van der Waals surface area contributed by atoms with E-state index >= 15 is 0 Å². The van der Waals surface area contributed by atoms with Gasteiger partial charge in [0.2, 0.25) is 0 Å². The minimum absolute atomic E-state index is 0.306. The Bertz CT molecular complexity index is 631. The Kier molecular flexibility index (Phi) is 4.86. The summed E-state index contributed by atoms with van der Waals surface area (Å²) in [6, 6.07) is 8.43. The molecule has 1 aromatic carbocycles. The molecule has 0 unspecified atom stereocenters. The lowest BCUT2D eigenvalue weighted by Gasteiger charge is -2.22. The molecule has 0 N–H and O–H groups in total. The molecule has 0 bridgehead atoms. The smallest absolute Gasteiger partial charge is 0.154 e. The number of nitrogens with zero attached hydrogens (tertiary/aromatic N) is 2. The number of methoxy groups -OCH3 is 2. The molecule has 1 aliphatic rings. The summed E-state index contributed by atoms with van der Waals surface area (Å²) in [5.74, 6) is 2.63. The zero-order valence-electron chi connectivity index (χ0n) is 14.0. The fourth-order valence-electron chi connectivity index (χ4n) is 3.18. The number of hydrogen-bond acceptors (Lipinski definition) is 5. The van der Waals surface area contributed by atoms with Crippen LogP contribution in [0.25, 0.3) is 0 Å². The molecule has 2 aromatic rings. The molecule has 1 saturated heterocycles. The fourth-order valence-corrected chi connectivity index (χ4v) is 3.18. The van der Waals surface area contributed by atoms with Crippen LogP contribution >= 0.6 is 0 Å². The molecular formula is C18H24N2O3. The lowest BCUT2D eigenvalue weighted by atomic mass is 10.1. The number of likely N-dealkylation sites (tertiary alicyclic amines) is 1. The summed E-state index contributed by atoms with van der Waals surface area (Å²) < 4.78 is 16.3. The molecular weight excluding hydrogens is 292 g/mol.